The maximum atomic E-state index is 10.2. The summed E-state index contributed by atoms with van der Waals surface area (Å²) in [5, 5.41) is 13.5. The van der Waals surface area contributed by atoms with Gasteiger partial charge in [-0.2, -0.15) is 0 Å². The van der Waals surface area contributed by atoms with Gasteiger partial charge in [0.1, 0.15) is 5.60 Å². The summed E-state index contributed by atoms with van der Waals surface area (Å²) in [6.45, 7) is 0. The smallest absolute Gasteiger partial charge is 0.218 e. The molecule has 2 heterocycles. The van der Waals surface area contributed by atoms with Gasteiger partial charge in [0.2, 0.25) is 3.79 Å². The quantitative estimate of drug-likeness (QED) is 0.639. The van der Waals surface area contributed by atoms with Crippen molar-refractivity contribution in [1.82, 2.24) is 5.32 Å². The highest BCUT2D eigenvalue weighted by molar-refractivity contribution is 6.68. The molecule has 2 aliphatic heterocycles. The first-order valence-electron chi connectivity index (χ1n) is 4.46. The van der Waals surface area contributed by atoms with Crippen LogP contribution in [0.4, 0.5) is 0 Å². The van der Waals surface area contributed by atoms with E-state index in [2.05, 4.69) is 5.32 Å². The van der Waals surface area contributed by atoms with Crippen molar-refractivity contribution < 1.29 is 5.11 Å². The number of hydrogen-bond donors (Lipinski definition) is 2. The van der Waals surface area contributed by atoms with Crippen LogP contribution in [0.5, 0.6) is 0 Å². The van der Waals surface area contributed by atoms with E-state index in [0.717, 1.165) is 12.8 Å². The normalized spacial score (nSPS) is 45.2. The molecule has 0 spiro atoms. The van der Waals surface area contributed by atoms with Crippen molar-refractivity contribution in [3.8, 4) is 0 Å². The lowest BCUT2D eigenvalue weighted by molar-refractivity contribution is -0.00306. The fraction of sp³-hybridized carbons (Fsp3) is 1.00. The Morgan fingerprint density at radius 3 is 2.00 bits per heavy atom. The number of rotatable bonds is 0. The largest absolute Gasteiger partial charge is 0.385 e. The zero-order valence-corrected chi connectivity index (χ0v) is 9.33. The standard InChI is InChI=1S/C8H12Cl3NO/c9-8(10,11)7(13)3-5-1-2-6(4-7)12-5/h5-6,12-13H,1-4H2. The maximum Gasteiger partial charge on any atom is 0.218 e. The minimum atomic E-state index is -1.56. The number of hydrogen-bond acceptors (Lipinski definition) is 2. The van der Waals surface area contributed by atoms with Crippen LogP contribution in [0.3, 0.4) is 0 Å². The molecule has 0 amide bonds. The second-order valence-electron chi connectivity index (χ2n) is 4.08. The van der Waals surface area contributed by atoms with Crippen molar-refractivity contribution in [1.29, 1.82) is 0 Å². The SMILES string of the molecule is OC1(C(Cl)(Cl)Cl)CC2CCC(C1)N2. The molecule has 0 aliphatic carbocycles. The van der Waals surface area contributed by atoms with E-state index in [1.165, 1.54) is 0 Å². The molecule has 2 aliphatic rings. The van der Waals surface area contributed by atoms with Crippen molar-refractivity contribution in [3.05, 3.63) is 0 Å². The summed E-state index contributed by atoms with van der Waals surface area (Å²) in [5.41, 5.74) is -1.14. The van der Waals surface area contributed by atoms with Gasteiger partial charge in [-0.05, 0) is 25.7 Å². The van der Waals surface area contributed by atoms with Crippen LogP contribution in [0, 0.1) is 0 Å². The van der Waals surface area contributed by atoms with Crippen molar-refractivity contribution in [2.45, 2.75) is 47.2 Å². The molecular formula is C8H12Cl3NO. The Bertz CT molecular complexity index is 204. The number of aliphatic hydroxyl groups is 1. The Hall–Kier alpha value is 0.790. The lowest BCUT2D eigenvalue weighted by Crippen LogP contribution is -2.55. The molecule has 5 heteroatoms. The van der Waals surface area contributed by atoms with Gasteiger partial charge in [-0.1, -0.05) is 34.8 Å². The van der Waals surface area contributed by atoms with E-state index in [0.29, 0.717) is 24.9 Å². The average Bonchev–Trinajstić information content (AvgIpc) is 2.28. The van der Waals surface area contributed by atoms with E-state index >= 15 is 0 Å². The lowest BCUT2D eigenvalue weighted by Gasteiger charge is -2.41. The summed E-state index contributed by atoms with van der Waals surface area (Å²) in [6.07, 6.45) is 3.24. The molecule has 0 radical (unpaired) electrons. The topological polar surface area (TPSA) is 32.3 Å². The Morgan fingerprint density at radius 2 is 1.62 bits per heavy atom. The predicted molar refractivity (Wildman–Crippen MR) is 54.4 cm³/mol. The molecule has 2 nitrogen and oxygen atoms in total. The van der Waals surface area contributed by atoms with E-state index < -0.39 is 9.39 Å². The van der Waals surface area contributed by atoms with Crippen molar-refractivity contribution >= 4 is 34.8 Å². The zero-order valence-electron chi connectivity index (χ0n) is 7.06. The number of alkyl halides is 3. The van der Waals surface area contributed by atoms with Gasteiger partial charge in [0.05, 0.1) is 0 Å². The molecule has 0 aromatic heterocycles. The van der Waals surface area contributed by atoms with Crippen molar-refractivity contribution in [2.75, 3.05) is 0 Å². The van der Waals surface area contributed by atoms with Crippen LogP contribution in [0.1, 0.15) is 25.7 Å². The van der Waals surface area contributed by atoms with Gasteiger partial charge in [-0.25, -0.2) is 0 Å². The number of nitrogens with one attached hydrogen (secondary N) is 1. The molecule has 13 heavy (non-hydrogen) atoms. The Kier molecular flexibility index (Phi) is 2.49. The van der Waals surface area contributed by atoms with Crippen LogP contribution in [0.15, 0.2) is 0 Å². The van der Waals surface area contributed by atoms with Gasteiger partial charge < -0.3 is 10.4 Å². The maximum absolute atomic E-state index is 10.2. The van der Waals surface area contributed by atoms with E-state index in [9.17, 15) is 5.11 Å². The number of fused-ring (bicyclic) bond motifs is 2. The third-order valence-corrected chi connectivity index (χ3v) is 4.09. The summed E-state index contributed by atoms with van der Waals surface area (Å²) in [6, 6.07) is 0.638. The molecule has 2 bridgehead atoms. The van der Waals surface area contributed by atoms with Crippen LogP contribution >= 0.6 is 34.8 Å². The summed E-state index contributed by atoms with van der Waals surface area (Å²) in [4.78, 5) is 0. The monoisotopic (exact) mass is 243 g/mol. The summed E-state index contributed by atoms with van der Waals surface area (Å²) >= 11 is 17.3. The second-order valence-corrected chi connectivity index (χ2v) is 6.36. The van der Waals surface area contributed by atoms with Gasteiger partial charge in [-0.3, -0.25) is 0 Å². The van der Waals surface area contributed by atoms with E-state index in [-0.39, 0.29) is 0 Å². The van der Waals surface area contributed by atoms with Crippen LogP contribution in [0.2, 0.25) is 0 Å². The molecule has 0 aromatic rings. The Morgan fingerprint density at radius 1 is 1.15 bits per heavy atom. The first kappa shape index (κ1) is 10.3. The van der Waals surface area contributed by atoms with Gasteiger partial charge in [0.25, 0.3) is 0 Å². The van der Waals surface area contributed by atoms with Crippen LogP contribution in [-0.2, 0) is 0 Å². The Labute approximate surface area is 92.5 Å². The first-order valence-corrected chi connectivity index (χ1v) is 5.59. The number of halogens is 3. The summed E-state index contributed by atoms with van der Waals surface area (Å²) < 4.78 is -1.56. The molecule has 2 saturated heterocycles. The molecule has 2 rings (SSSR count). The molecular weight excluding hydrogens is 232 g/mol. The summed E-state index contributed by atoms with van der Waals surface area (Å²) in [5.74, 6) is 0. The van der Waals surface area contributed by atoms with E-state index in [1.807, 2.05) is 0 Å². The minimum Gasteiger partial charge on any atom is -0.385 e. The average molecular weight is 245 g/mol. The fourth-order valence-corrected chi connectivity index (χ4v) is 2.82. The highest BCUT2D eigenvalue weighted by Crippen LogP contribution is 2.48. The summed E-state index contributed by atoms with van der Waals surface area (Å²) in [7, 11) is 0. The van der Waals surface area contributed by atoms with Crippen LogP contribution in [0.25, 0.3) is 0 Å². The third kappa shape index (κ3) is 1.80. The fourth-order valence-electron chi connectivity index (χ4n) is 2.35. The highest BCUT2D eigenvalue weighted by Gasteiger charge is 2.53. The molecule has 0 saturated carbocycles. The Balaban J connectivity index is 2.17. The van der Waals surface area contributed by atoms with Gasteiger partial charge in [0.15, 0.2) is 0 Å². The minimum absolute atomic E-state index is 0.319. The van der Waals surface area contributed by atoms with Crippen LogP contribution < -0.4 is 5.32 Å². The molecule has 2 atom stereocenters. The molecule has 2 fully saturated rings. The lowest BCUT2D eigenvalue weighted by atomic mass is 9.89. The first-order chi connectivity index (χ1) is 5.91. The highest BCUT2D eigenvalue weighted by atomic mass is 35.6. The van der Waals surface area contributed by atoms with Gasteiger partial charge in [0, 0.05) is 12.1 Å². The van der Waals surface area contributed by atoms with Crippen molar-refractivity contribution in [3.63, 3.8) is 0 Å². The van der Waals surface area contributed by atoms with Gasteiger partial charge >= 0.3 is 0 Å². The van der Waals surface area contributed by atoms with Crippen molar-refractivity contribution in [2.24, 2.45) is 0 Å². The molecule has 76 valence electrons. The van der Waals surface area contributed by atoms with Gasteiger partial charge in [-0.15, -0.1) is 0 Å². The second kappa shape index (κ2) is 3.14. The number of piperidine rings is 1. The molecule has 2 N–H and O–H groups in total. The zero-order chi connectivity index (χ0) is 9.69. The molecule has 2 unspecified atom stereocenters. The van der Waals surface area contributed by atoms with E-state index in [4.69, 9.17) is 34.8 Å². The van der Waals surface area contributed by atoms with E-state index in [1.54, 1.807) is 0 Å². The van der Waals surface area contributed by atoms with Crippen LogP contribution in [-0.4, -0.2) is 26.6 Å². The third-order valence-electron chi connectivity index (χ3n) is 3.03. The predicted octanol–water partition coefficient (Wildman–Crippen LogP) is 2.00. The molecule has 0 aromatic carbocycles.